The molecule has 1 saturated heterocycles. The second-order valence-corrected chi connectivity index (χ2v) is 9.64. The van der Waals surface area contributed by atoms with Crippen molar-refractivity contribution < 1.29 is 9.59 Å². The number of nitrogens with zero attached hydrogens (tertiary/aromatic N) is 2. The van der Waals surface area contributed by atoms with Crippen molar-refractivity contribution in [3.8, 4) is 0 Å². The minimum Gasteiger partial charge on any atom is -0.330 e. The molecule has 0 spiro atoms. The molecule has 2 atom stereocenters. The lowest BCUT2D eigenvalue weighted by atomic mass is 9.81. The number of benzene rings is 2. The van der Waals surface area contributed by atoms with Crippen LogP contribution in [-0.4, -0.2) is 40.8 Å². The number of nitrogens with one attached hydrogen (secondary N) is 1. The number of hydrogen-bond donors (Lipinski definition) is 2. The third-order valence-corrected chi connectivity index (χ3v) is 7.58. The average Bonchev–Trinajstić information content (AvgIpc) is 3.34. The Morgan fingerprint density at radius 2 is 1.76 bits per heavy atom. The summed E-state index contributed by atoms with van der Waals surface area (Å²) in [6.07, 6.45) is 6.25. The lowest BCUT2D eigenvalue weighted by Crippen LogP contribution is -2.48. The van der Waals surface area contributed by atoms with Crippen LogP contribution >= 0.6 is 0 Å². The fraction of sp³-hybridized carbons (Fsp3) is 0.393. The van der Waals surface area contributed by atoms with Crippen LogP contribution in [0.15, 0.2) is 66.9 Å². The zero-order valence-corrected chi connectivity index (χ0v) is 19.4. The summed E-state index contributed by atoms with van der Waals surface area (Å²) in [5.41, 5.74) is 8.56. The van der Waals surface area contributed by atoms with Crippen molar-refractivity contribution in [2.45, 2.75) is 44.1 Å². The normalized spacial score (nSPS) is 24.8. The van der Waals surface area contributed by atoms with E-state index in [0.29, 0.717) is 19.0 Å². The second kappa shape index (κ2) is 9.94. The maximum absolute atomic E-state index is 13.7. The first-order chi connectivity index (χ1) is 16.6. The van der Waals surface area contributed by atoms with E-state index in [9.17, 15) is 9.59 Å². The monoisotopic (exact) mass is 456 g/mol. The van der Waals surface area contributed by atoms with Gasteiger partial charge in [0.2, 0.25) is 11.8 Å². The van der Waals surface area contributed by atoms with Gasteiger partial charge in [-0.2, -0.15) is 0 Å². The number of carbonyl (C=O) groups is 2. The lowest BCUT2D eigenvalue weighted by Gasteiger charge is -2.33. The van der Waals surface area contributed by atoms with Crippen molar-refractivity contribution in [1.82, 2.24) is 9.88 Å². The van der Waals surface area contributed by atoms with E-state index in [4.69, 9.17) is 5.73 Å². The van der Waals surface area contributed by atoms with Crippen LogP contribution in [0.3, 0.4) is 0 Å². The van der Waals surface area contributed by atoms with E-state index >= 15 is 0 Å². The van der Waals surface area contributed by atoms with Gasteiger partial charge in [0.05, 0.1) is 5.52 Å². The molecule has 3 N–H and O–H groups in total. The molecule has 5 rings (SSSR count). The fourth-order valence-corrected chi connectivity index (χ4v) is 5.66. The van der Waals surface area contributed by atoms with Gasteiger partial charge in [-0.25, -0.2) is 0 Å². The van der Waals surface area contributed by atoms with Crippen molar-refractivity contribution >= 4 is 28.4 Å². The number of aromatic nitrogens is 1. The van der Waals surface area contributed by atoms with E-state index in [1.54, 1.807) is 6.20 Å². The molecule has 0 radical (unpaired) electrons. The Morgan fingerprint density at radius 3 is 2.53 bits per heavy atom. The van der Waals surface area contributed by atoms with Crippen LogP contribution in [0.2, 0.25) is 0 Å². The third-order valence-electron chi connectivity index (χ3n) is 7.58. The van der Waals surface area contributed by atoms with Crippen molar-refractivity contribution in [2.24, 2.45) is 17.6 Å². The van der Waals surface area contributed by atoms with Crippen molar-refractivity contribution in [1.29, 1.82) is 0 Å². The van der Waals surface area contributed by atoms with Gasteiger partial charge in [0.1, 0.15) is 6.04 Å². The smallest absolute Gasteiger partial charge is 0.247 e. The van der Waals surface area contributed by atoms with Gasteiger partial charge in [0.25, 0.3) is 0 Å². The summed E-state index contributed by atoms with van der Waals surface area (Å²) in [7, 11) is 0. The van der Waals surface area contributed by atoms with Gasteiger partial charge in [-0.05, 0) is 74.4 Å². The maximum Gasteiger partial charge on any atom is 0.247 e. The number of pyridine rings is 1. The van der Waals surface area contributed by atoms with Gasteiger partial charge in [-0.3, -0.25) is 14.6 Å². The quantitative estimate of drug-likeness (QED) is 0.598. The van der Waals surface area contributed by atoms with Gasteiger partial charge in [0, 0.05) is 35.7 Å². The number of rotatable bonds is 5. The lowest BCUT2D eigenvalue weighted by molar-refractivity contribution is -0.141. The molecule has 176 valence electrons. The van der Waals surface area contributed by atoms with E-state index in [2.05, 4.69) is 22.4 Å². The predicted octanol–water partition coefficient (Wildman–Crippen LogP) is 4.32. The number of fused-ring (bicyclic) bond motifs is 1. The third kappa shape index (κ3) is 4.55. The standard InChI is InChI=1S/C28H32N4O2/c29-18-19-8-10-21(11-9-19)28(34)32-16-14-24(20-5-2-1-3-6-20)26(32)27(33)31-23-12-13-25-22(17-23)7-4-15-30-25/h1-7,12-13,15,17,19,21,24,26H,8-11,14,16,18,29H2,(H,31,33)/t19?,21?,24-,26-/m0/s1. The van der Waals surface area contributed by atoms with Crippen LogP contribution in [0.1, 0.15) is 43.6 Å². The number of hydrogen-bond acceptors (Lipinski definition) is 4. The molecule has 2 amide bonds. The largest absolute Gasteiger partial charge is 0.330 e. The van der Waals surface area contributed by atoms with Crippen molar-refractivity contribution in [3.05, 3.63) is 72.4 Å². The van der Waals surface area contributed by atoms with E-state index in [1.807, 2.05) is 53.4 Å². The molecule has 1 aliphatic heterocycles. The molecule has 34 heavy (non-hydrogen) atoms. The molecule has 2 heterocycles. The van der Waals surface area contributed by atoms with Crippen LogP contribution < -0.4 is 11.1 Å². The highest BCUT2D eigenvalue weighted by atomic mass is 16.2. The summed E-state index contributed by atoms with van der Waals surface area (Å²) in [5.74, 6) is 0.476. The number of anilines is 1. The maximum atomic E-state index is 13.7. The first-order valence-corrected chi connectivity index (χ1v) is 12.3. The zero-order chi connectivity index (χ0) is 23.5. The first kappa shape index (κ1) is 22.5. The van der Waals surface area contributed by atoms with Crippen LogP contribution in [0, 0.1) is 11.8 Å². The molecule has 6 nitrogen and oxygen atoms in total. The molecular formula is C28H32N4O2. The number of carbonyl (C=O) groups excluding carboxylic acids is 2. The van der Waals surface area contributed by atoms with E-state index in [1.165, 1.54) is 0 Å². The topological polar surface area (TPSA) is 88.3 Å². The van der Waals surface area contributed by atoms with Gasteiger partial charge < -0.3 is 16.0 Å². The first-order valence-electron chi connectivity index (χ1n) is 12.3. The molecule has 2 aliphatic rings. The molecule has 0 bridgehead atoms. The van der Waals surface area contributed by atoms with E-state index in [-0.39, 0.29) is 23.7 Å². The van der Waals surface area contributed by atoms with Crippen LogP contribution in [0.4, 0.5) is 5.69 Å². The SMILES string of the molecule is NCC1CCC(C(=O)N2CC[C@@H](c3ccccc3)[C@H]2C(=O)Nc2ccc3ncccc3c2)CC1. The van der Waals surface area contributed by atoms with Crippen LogP contribution in [0.5, 0.6) is 0 Å². The summed E-state index contributed by atoms with van der Waals surface area (Å²) < 4.78 is 0. The van der Waals surface area contributed by atoms with Crippen molar-refractivity contribution in [3.63, 3.8) is 0 Å². The van der Waals surface area contributed by atoms with Gasteiger partial charge in [-0.15, -0.1) is 0 Å². The molecule has 6 heteroatoms. The van der Waals surface area contributed by atoms with Crippen LogP contribution in [-0.2, 0) is 9.59 Å². The van der Waals surface area contributed by atoms with E-state index < -0.39 is 6.04 Å². The van der Waals surface area contributed by atoms with Gasteiger partial charge in [-0.1, -0.05) is 36.4 Å². The second-order valence-electron chi connectivity index (χ2n) is 9.64. The molecule has 2 fully saturated rings. The number of nitrogens with two attached hydrogens (primary N) is 1. The summed E-state index contributed by atoms with van der Waals surface area (Å²) >= 11 is 0. The molecule has 1 aliphatic carbocycles. The number of amides is 2. The molecule has 2 aromatic carbocycles. The minimum absolute atomic E-state index is 0.0145. The summed E-state index contributed by atoms with van der Waals surface area (Å²) in [6, 6.07) is 19.2. The Hall–Kier alpha value is -3.25. The van der Waals surface area contributed by atoms with Crippen LogP contribution in [0.25, 0.3) is 10.9 Å². The predicted molar refractivity (Wildman–Crippen MR) is 134 cm³/mol. The molecular weight excluding hydrogens is 424 g/mol. The molecule has 1 aromatic heterocycles. The number of likely N-dealkylation sites (tertiary alicyclic amines) is 1. The Morgan fingerprint density at radius 1 is 0.971 bits per heavy atom. The Kier molecular flexibility index (Phi) is 6.59. The van der Waals surface area contributed by atoms with Crippen molar-refractivity contribution in [2.75, 3.05) is 18.4 Å². The summed E-state index contributed by atoms with van der Waals surface area (Å²) in [5, 5.41) is 4.07. The summed E-state index contributed by atoms with van der Waals surface area (Å²) in [6.45, 7) is 1.29. The summed E-state index contributed by atoms with van der Waals surface area (Å²) in [4.78, 5) is 33.5. The highest BCUT2D eigenvalue weighted by Crippen LogP contribution is 2.38. The molecule has 0 unspecified atom stereocenters. The van der Waals surface area contributed by atoms with Gasteiger partial charge in [0.15, 0.2) is 0 Å². The fourth-order valence-electron chi connectivity index (χ4n) is 5.66. The van der Waals surface area contributed by atoms with Gasteiger partial charge >= 0.3 is 0 Å². The molecule has 3 aromatic rings. The Labute approximate surface area is 200 Å². The Bertz CT molecular complexity index is 1160. The minimum atomic E-state index is -0.522. The highest BCUT2D eigenvalue weighted by Gasteiger charge is 2.44. The average molecular weight is 457 g/mol. The molecule has 1 saturated carbocycles. The zero-order valence-electron chi connectivity index (χ0n) is 19.4. The highest BCUT2D eigenvalue weighted by molar-refractivity contribution is 6.00. The van der Waals surface area contributed by atoms with E-state index in [0.717, 1.165) is 54.3 Å². The Balaban J connectivity index is 1.39.